The van der Waals surface area contributed by atoms with Crippen molar-refractivity contribution in [2.75, 3.05) is 26.2 Å². The maximum atomic E-state index is 3.73. The Morgan fingerprint density at radius 1 is 1.42 bits per heavy atom. The average molecular weight is 166 g/mol. The van der Waals surface area contributed by atoms with Crippen molar-refractivity contribution in [3.05, 3.63) is 12.7 Å². The zero-order valence-corrected chi connectivity index (χ0v) is 7.63. The van der Waals surface area contributed by atoms with Crippen molar-refractivity contribution >= 4 is 0 Å². The second-order valence-electron chi connectivity index (χ2n) is 3.94. The minimum absolute atomic E-state index is 0.741. The Labute approximate surface area is 74.6 Å². The molecule has 0 aromatic carbocycles. The summed E-state index contributed by atoms with van der Waals surface area (Å²) < 4.78 is 0. The molecule has 2 bridgehead atoms. The molecule has 3 heterocycles. The minimum Gasteiger partial charge on any atom is -0.309 e. The maximum Gasteiger partial charge on any atom is 0.0227 e. The van der Waals surface area contributed by atoms with Gasteiger partial charge in [0, 0.05) is 19.1 Å². The summed E-state index contributed by atoms with van der Waals surface area (Å²) in [6.07, 6.45) is 4.75. The Morgan fingerprint density at radius 3 is 2.67 bits per heavy atom. The van der Waals surface area contributed by atoms with E-state index in [1.54, 1.807) is 0 Å². The first-order valence-corrected chi connectivity index (χ1v) is 4.97. The Kier molecular flexibility index (Phi) is 2.47. The predicted molar refractivity (Wildman–Crippen MR) is 51.2 cm³/mol. The second kappa shape index (κ2) is 3.58. The first-order chi connectivity index (χ1) is 5.90. The van der Waals surface area contributed by atoms with Gasteiger partial charge in [0.1, 0.15) is 0 Å². The normalized spacial score (nSPS) is 39.8. The Balaban J connectivity index is 1.86. The van der Waals surface area contributed by atoms with Crippen molar-refractivity contribution in [2.24, 2.45) is 5.92 Å². The molecule has 3 saturated heterocycles. The smallest absolute Gasteiger partial charge is 0.0227 e. The van der Waals surface area contributed by atoms with Gasteiger partial charge in [0.2, 0.25) is 0 Å². The SMILES string of the molecule is C=CCN[C@H]1CN2CCC1CC2. The lowest BCUT2D eigenvalue weighted by Crippen LogP contribution is -2.56. The summed E-state index contributed by atoms with van der Waals surface area (Å²) in [5.74, 6) is 0.940. The molecule has 2 heteroatoms. The van der Waals surface area contributed by atoms with Crippen LogP contribution < -0.4 is 5.32 Å². The molecule has 0 amide bonds. The molecule has 0 unspecified atom stereocenters. The molecule has 0 radical (unpaired) electrons. The molecule has 0 saturated carbocycles. The molecule has 3 aliphatic rings. The van der Waals surface area contributed by atoms with E-state index in [1.807, 2.05) is 6.08 Å². The fourth-order valence-corrected chi connectivity index (χ4v) is 2.43. The van der Waals surface area contributed by atoms with E-state index in [0.29, 0.717) is 0 Å². The van der Waals surface area contributed by atoms with Crippen molar-refractivity contribution < 1.29 is 0 Å². The molecule has 0 aliphatic carbocycles. The predicted octanol–water partition coefficient (Wildman–Crippen LogP) is 0.856. The first kappa shape index (κ1) is 8.27. The minimum atomic E-state index is 0.741. The Morgan fingerprint density at radius 2 is 2.17 bits per heavy atom. The third-order valence-corrected chi connectivity index (χ3v) is 3.18. The highest BCUT2D eigenvalue weighted by Gasteiger charge is 2.33. The van der Waals surface area contributed by atoms with Gasteiger partial charge in [-0.05, 0) is 31.8 Å². The van der Waals surface area contributed by atoms with E-state index in [-0.39, 0.29) is 0 Å². The van der Waals surface area contributed by atoms with Crippen LogP contribution in [0.2, 0.25) is 0 Å². The highest BCUT2D eigenvalue weighted by atomic mass is 15.2. The van der Waals surface area contributed by atoms with Gasteiger partial charge in [0.25, 0.3) is 0 Å². The van der Waals surface area contributed by atoms with Crippen LogP contribution in [0.1, 0.15) is 12.8 Å². The zero-order chi connectivity index (χ0) is 8.39. The molecular formula is C10H18N2. The molecule has 0 spiro atoms. The monoisotopic (exact) mass is 166 g/mol. The van der Waals surface area contributed by atoms with Crippen LogP contribution in [0.4, 0.5) is 0 Å². The van der Waals surface area contributed by atoms with Crippen molar-refractivity contribution in [1.82, 2.24) is 10.2 Å². The molecule has 0 aromatic rings. The molecule has 12 heavy (non-hydrogen) atoms. The van der Waals surface area contributed by atoms with Gasteiger partial charge in [0.15, 0.2) is 0 Å². The van der Waals surface area contributed by atoms with Crippen molar-refractivity contribution in [3.8, 4) is 0 Å². The molecule has 1 atom stereocenters. The highest BCUT2D eigenvalue weighted by Crippen LogP contribution is 2.27. The number of fused-ring (bicyclic) bond motifs is 3. The van der Waals surface area contributed by atoms with Crippen LogP contribution in [-0.2, 0) is 0 Å². The highest BCUT2D eigenvalue weighted by molar-refractivity contribution is 4.91. The van der Waals surface area contributed by atoms with Crippen LogP contribution in [0, 0.1) is 5.92 Å². The number of nitrogens with zero attached hydrogens (tertiary/aromatic N) is 1. The molecule has 68 valence electrons. The van der Waals surface area contributed by atoms with Gasteiger partial charge in [-0.25, -0.2) is 0 Å². The molecular weight excluding hydrogens is 148 g/mol. The van der Waals surface area contributed by atoms with E-state index in [4.69, 9.17) is 0 Å². The van der Waals surface area contributed by atoms with Crippen LogP contribution in [0.25, 0.3) is 0 Å². The van der Waals surface area contributed by atoms with Gasteiger partial charge in [0.05, 0.1) is 0 Å². The number of piperidine rings is 3. The Bertz CT molecular complexity index is 159. The van der Waals surface area contributed by atoms with E-state index in [9.17, 15) is 0 Å². The molecule has 2 nitrogen and oxygen atoms in total. The number of nitrogens with one attached hydrogen (secondary N) is 1. The molecule has 3 aliphatic heterocycles. The molecule has 1 N–H and O–H groups in total. The number of hydrogen-bond acceptors (Lipinski definition) is 2. The zero-order valence-electron chi connectivity index (χ0n) is 7.63. The van der Waals surface area contributed by atoms with Crippen LogP contribution in [0.3, 0.4) is 0 Å². The van der Waals surface area contributed by atoms with Gasteiger partial charge >= 0.3 is 0 Å². The summed E-state index contributed by atoms with van der Waals surface area (Å²) in [6.45, 7) is 8.62. The fourth-order valence-electron chi connectivity index (χ4n) is 2.43. The summed E-state index contributed by atoms with van der Waals surface area (Å²) in [6, 6.07) is 0.741. The van der Waals surface area contributed by atoms with Gasteiger partial charge in [-0.2, -0.15) is 0 Å². The summed E-state index contributed by atoms with van der Waals surface area (Å²) in [7, 11) is 0. The van der Waals surface area contributed by atoms with E-state index in [0.717, 1.165) is 18.5 Å². The van der Waals surface area contributed by atoms with Crippen LogP contribution >= 0.6 is 0 Å². The molecule has 0 aromatic heterocycles. The summed E-state index contributed by atoms with van der Waals surface area (Å²) >= 11 is 0. The average Bonchev–Trinajstić information content (AvgIpc) is 2.17. The van der Waals surface area contributed by atoms with Gasteiger partial charge in [-0.15, -0.1) is 6.58 Å². The van der Waals surface area contributed by atoms with Crippen LogP contribution in [-0.4, -0.2) is 37.1 Å². The lowest BCUT2D eigenvalue weighted by molar-refractivity contribution is 0.0745. The number of hydrogen-bond donors (Lipinski definition) is 1. The fraction of sp³-hybridized carbons (Fsp3) is 0.800. The maximum absolute atomic E-state index is 3.73. The van der Waals surface area contributed by atoms with E-state index < -0.39 is 0 Å². The Hall–Kier alpha value is -0.340. The summed E-state index contributed by atoms with van der Waals surface area (Å²) in [5, 5.41) is 3.54. The van der Waals surface area contributed by atoms with Gasteiger partial charge in [-0.1, -0.05) is 6.08 Å². The van der Waals surface area contributed by atoms with Crippen LogP contribution in [0.15, 0.2) is 12.7 Å². The first-order valence-electron chi connectivity index (χ1n) is 4.97. The van der Waals surface area contributed by atoms with Crippen molar-refractivity contribution in [1.29, 1.82) is 0 Å². The second-order valence-corrected chi connectivity index (χ2v) is 3.94. The molecule has 3 rings (SSSR count). The van der Waals surface area contributed by atoms with E-state index in [2.05, 4.69) is 16.8 Å². The van der Waals surface area contributed by atoms with E-state index >= 15 is 0 Å². The summed E-state index contributed by atoms with van der Waals surface area (Å²) in [5.41, 5.74) is 0. The molecule has 3 fully saturated rings. The quantitative estimate of drug-likeness (QED) is 0.625. The lowest BCUT2D eigenvalue weighted by Gasteiger charge is -2.45. The largest absolute Gasteiger partial charge is 0.309 e. The van der Waals surface area contributed by atoms with E-state index in [1.165, 1.54) is 32.5 Å². The standard InChI is InChI=1S/C10H18N2/c1-2-5-11-10-8-12-6-3-9(10)4-7-12/h2,9-11H,1,3-8H2/t10-/m0/s1. The third kappa shape index (κ3) is 1.54. The lowest BCUT2D eigenvalue weighted by atomic mass is 9.84. The van der Waals surface area contributed by atoms with Gasteiger partial charge < -0.3 is 10.2 Å². The van der Waals surface area contributed by atoms with Crippen molar-refractivity contribution in [3.63, 3.8) is 0 Å². The third-order valence-electron chi connectivity index (χ3n) is 3.18. The number of rotatable bonds is 3. The van der Waals surface area contributed by atoms with Crippen LogP contribution in [0.5, 0.6) is 0 Å². The summed E-state index contributed by atoms with van der Waals surface area (Å²) in [4.78, 5) is 2.57. The topological polar surface area (TPSA) is 15.3 Å². The van der Waals surface area contributed by atoms with Gasteiger partial charge in [-0.3, -0.25) is 0 Å². The van der Waals surface area contributed by atoms with Crippen molar-refractivity contribution in [2.45, 2.75) is 18.9 Å².